The molecule has 0 unspecified atom stereocenters. The summed E-state index contributed by atoms with van der Waals surface area (Å²) in [5, 5.41) is 0. The Kier molecular flexibility index (Phi) is 4.70. The summed E-state index contributed by atoms with van der Waals surface area (Å²) in [6, 6.07) is 0. The molecule has 0 aromatic carbocycles. The van der Waals surface area contributed by atoms with E-state index in [9.17, 15) is 4.57 Å². The van der Waals surface area contributed by atoms with Crippen molar-refractivity contribution in [2.45, 2.75) is 6.42 Å². The number of hydrogen-bond donors (Lipinski definition) is 3. The predicted molar refractivity (Wildman–Crippen MR) is 38.5 cm³/mol. The van der Waals surface area contributed by atoms with Crippen LogP contribution in [0.1, 0.15) is 6.42 Å². The molecule has 0 heterocycles. The molecule has 0 amide bonds. The molecule has 0 fully saturated rings. The molecule has 56 valence electrons. The van der Waals surface area contributed by atoms with Crippen LogP contribution in [0.2, 0.25) is 0 Å². The van der Waals surface area contributed by atoms with Gasteiger partial charge in [-0.05, 0) is 6.42 Å². The van der Waals surface area contributed by atoms with Crippen LogP contribution in [-0.2, 0) is 4.57 Å². The van der Waals surface area contributed by atoms with Gasteiger partial charge >= 0.3 is 7.60 Å². The van der Waals surface area contributed by atoms with Crippen LogP contribution in [0, 0.1) is 0 Å². The molecular formula is C3H9BrNO3P. The molecule has 0 saturated heterocycles. The van der Waals surface area contributed by atoms with Gasteiger partial charge in [0.15, 0.2) is 0 Å². The van der Waals surface area contributed by atoms with Crippen molar-refractivity contribution >= 4 is 23.7 Å². The van der Waals surface area contributed by atoms with Gasteiger partial charge in [-0.1, -0.05) is 0 Å². The molecule has 0 rings (SSSR count). The second-order valence-electron chi connectivity index (χ2n) is 1.63. The van der Waals surface area contributed by atoms with Crippen LogP contribution < -0.4 is 4.34 Å². The van der Waals surface area contributed by atoms with E-state index < -0.39 is 7.60 Å². The zero-order valence-corrected chi connectivity index (χ0v) is 7.23. The molecule has 6 heteroatoms. The van der Waals surface area contributed by atoms with E-state index in [4.69, 9.17) is 9.79 Å². The maximum Gasteiger partial charge on any atom is 0.325 e. The molecule has 4 nitrogen and oxygen atoms in total. The first kappa shape index (κ1) is 9.59. The van der Waals surface area contributed by atoms with Crippen LogP contribution in [-0.4, -0.2) is 22.5 Å². The quantitative estimate of drug-likeness (QED) is 0.364. The Hall–Kier alpha value is 0.590. The summed E-state index contributed by atoms with van der Waals surface area (Å²) >= 11 is 2.91. The highest BCUT2D eigenvalue weighted by atomic mass is 79.9. The van der Waals surface area contributed by atoms with E-state index in [0.717, 1.165) is 0 Å². The molecular weight excluding hydrogens is 209 g/mol. The van der Waals surface area contributed by atoms with Gasteiger partial charge in [0, 0.05) is 22.7 Å². The summed E-state index contributed by atoms with van der Waals surface area (Å²) in [7, 11) is -3.76. The Morgan fingerprint density at radius 1 is 1.56 bits per heavy atom. The summed E-state index contributed by atoms with van der Waals surface area (Å²) < 4.78 is 12.8. The first-order valence-corrected chi connectivity index (χ1v) is 5.03. The molecule has 0 spiro atoms. The molecule has 0 aromatic rings. The van der Waals surface area contributed by atoms with Crippen molar-refractivity contribution in [1.29, 1.82) is 0 Å². The first-order valence-electron chi connectivity index (χ1n) is 2.44. The Labute approximate surface area is 62.1 Å². The fourth-order valence-electron chi connectivity index (χ4n) is 0.352. The van der Waals surface area contributed by atoms with Crippen molar-refractivity contribution in [1.82, 2.24) is 4.34 Å². The zero-order chi connectivity index (χ0) is 7.33. The Morgan fingerprint density at radius 3 is 2.44 bits per heavy atom. The fraction of sp³-hybridized carbons (Fsp3) is 1.00. The summed E-state index contributed by atoms with van der Waals surface area (Å²) in [4.78, 5) is 16.6. The number of nitrogens with one attached hydrogen (secondary N) is 1. The standard InChI is InChI=1S/C3H9BrNO3P/c4-5-2-1-3-9(6,7)8/h5H,1-3H2,(H2,6,7,8). The number of hydrogen-bond acceptors (Lipinski definition) is 2. The fourth-order valence-corrected chi connectivity index (χ4v) is 1.20. The van der Waals surface area contributed by atoms with Crippen LogP contribution in [0.3, 0.4) is 0 Å². The van der Waals surface area contributed by atoms with E-state index in [-0.39, 0.29) is 6.16 Å². The smallest absolute Gasteiger partial charge is 0.324 e. The lowest BCUT2D eigenvalue weighted by molar-refractivity contribution is 0.372. The topological polar surface area (TPSA) is 69.6 Å². The third kappa shape index (κ3) is 8.59. The SMILES string of the molecule is O=P(O)(O)CCCNBr. The van der Waals surface area contributed by atoms with E-state index in [0.29, 0.717) is 13.0 Å². The minimum Gasteiger partial charge on any atom is -0.324 e. The van der Waals surface area contributed by atoms with Gasteiger partial charge in [-0.2, -0.15) is 0 Å². The van der Waals surface area contributed by atoms with Crippen LogP contribution in [0.25, 0.3) is 0 Å². The summed E-state index contributed by atoms with van der Waals surface area (Å²) in [6.45, 7) is 0.575. The van der Waals surface area contributed by atoms with Crippen LogP contribution in [0.5, 0.6) is 0 Å². The largest absolute Gasteiger partial charge is 0.325 e. The number of halogens is 1. The molecule has 0 bridgehead atoms. The van der Waals surface area contributed by atoms with Crippen molar-refractivity contribution in [2.24, 2.45) is 0 Å². The normalized spacial score (nSPS) is 11.9. The van der Waals surface area contributed by atoms with Crippen molar-refractivity contribution in [3.63, 3.8) is 0 Å². The first-order chi connectivity index (χ1) is 4.06. The molecule has 9 heavy (non-hydrogen) atoms. The third-order valence-electron chi connectivity index (χ3n) is 0.721. The van der Waals surface area contributed by atoms with Gasteiger partial charge in [0.25, 0.3) is 0 Å². The zero-order valence-electron chi connectivity index (χ0n) is 4.75. The van der Waals surface area contributed by atoms with Gasteiger partial charge in [0.2, 0.25) is 0 Å². The average Bonchev–Trinajstić information content (AvgIpc) is 1.63. The second-order valence-corrected chi connectivity index (χ2v) is 3.96. The highest BCUT2D eigenvalue weighted by Gasteiger charge is 2.10. The molecule has 3 N–H and O–H groups in total. The van der Waals surface area contributed by atoms with Crippen LogP contribution in [0.15, 0.2) is 0 Å². The number of rotatable bonds is 4. The molecule has 0 atom stereocenters. The van der Waals surface area contributed by atoms with Gasteiger partial charge in [-0.15, -0.1) is 0 Å². The Bertz CT molecular complexity index is 114. The third-order valence-corrected chi connectivity index (χ3v) is 2.02. The second kappa shape index (κ2) is 4.41. The summed E-state index contributed by atoms with van der Waals surface area (Å²) in [5.74, 6) is 0. The Morgan fingerprint density at radius 2 is 2.11 bits per heavy atom. The Balaban J connectivity index is 3.18. The van der Waals surface area contributed by atoms with E-state index in [1.807, 2.05) is 0 Å². The maximum absolute atomic E-state index is 10.2. The minimum atomic E-state index is -3.76. The van der Waals surface area contributed by atoms with E-state index in [1.54, 1.807) is 0 Å². The molecule has 0 radical (unpaired) electrons. The van der Waals surface area contributed by atoms with Crippen LogP contribution in [0.4, 0.5) is 0 Å². The lowest BCUT2D eigenvalue weighted by Crippen LogP contribution is -2.02. The van der Waals surface area contributed by atoms with Crippen molar-refractivity contribution in [2.75, 3.05) is 12.7 Å². The molecule has 0 aliphatic carbocycles. The lowest BCUT2D eigenvalue weighted by Gasteiger charge is -2.00. The highest BCUT2D eigenvalue weighted by molar-refractivity contribution is 9.08. The van der Waals surface area contributed by atoms with Gasteiger partial charge in [-0.25, -0.2) is 0 Å². The highest BCUT2D eigenvalue weighted by Crippen LogP contribution is 2.34. The van der Waals surface area contributed by atoms with Gasteiger partial charge in [-0.3, -0.25) is 8.91 Å². The van der Waals surface area contributed by atoms with Crippen molar-refractivity contribution in [3.8, 4) is 0 Å². The molecule has 0 aliphatic rings. The molecule has 0 aliphatic heterocycles. The van der Waals surface area contributed by atoms with Crippen molar-refractivity contribution in [3.05, 3.63) is 0 Å². The lowest BCUT2D eigenvalue weighted by atomic mass is 10.5. The maximum atomic E-state index is 10.2. The minimum absolute atomic E-state index is 0.0500. The van der Waals surface area contributed by atoms with Gasteiger partial charge < -0.3 is 9.79 Å². The van der Waals surface area contributed by atoms with Gasteiger partial charge in [0.1, 0.15) is 0 Å². The van der Waals surface area contributed by atoms with Crippen molar-refractivity contribution < 1.29 is 14.4 Å². The summed E-state index contributed by atoms with van der Waals surface area (Å²) in [5.41, 5.74) is 0. The monoisotopic (exact) mass is 217 g/mol. The van der Waals surface area contributed by atoms with E-state index >= 15 is 0 Å². The van der Waals surface area contributed by atoms with Gasteiger partial charge in [0.05, 0.1) is 6.16 Å². The van der Waals surface area contributed by atoms with E-state index in [1.165, 1.54) is 0 Å². The molecule has 0 aromatic heterocycles. The molecule has 0 saturated carbocycles. The summed E-state index contributed by atoms with van der Waals surface area (Å²) in [6.07, 6.45) is 0.432. The van der Waals surface area contributed by atoms with Crippen LogP contribution >= 0.6 is 23.7 Å². The predicted octanol–water partition coefficient (Wildman–Crippen LogP) is 0.454. The van der Waals surface area contributed by atoms with E-state index in [2.05, 4.69) is 20.5 Å². The average molecular weight is 218 g/mol.